The molecule has 0 unspecified atom stereocenters. The Balaban J connectivity index is 1.68. The first-order valence-corrected chi connectivity index (χ1v) is 8.85. The Labute approximate surface area is 155 Å². The standard InChI is InChI=1S/C20H18F2N4O/c1-12-23-9-13(10-24-12)15-8-20(26-17-5-3-2-4-14(15)17)27-11-18-16(21)6-7-19(22)25-18/h6-10H,2-5,11H2,1H3. The van der Waals surface area contributed by atoms with Crippen molar-refractivity contribution in [2.24, 2.45) is 0 Å². The normalized spacial score (nSPS) is 13.3. The van der Waals surface area contributed by atoms with Crippen molar-refractivity contribution in [1.29, 1.82) is 0 Å². The molecule has 138 valence electrons. The Hall–Kier alpha value is -2.96. The smallest absolute Gasteiger partial charge is 0.214 e. The van der Waals surface area contributed by atoms with Gasteiger partial charge in [0.25, 0.3) is 0 Å². The molecule has 0 radical (unpaired) electrons. The molecule has 27 heavy (non-hydrogen) atoms. The summed E-state index contributed by atoms with van der Waals surface area (Å²) in [5, 5.41) is 0. The van der Waals surface area contributed by atoms with Gasteiger partial charge in [-0.2, -0.15) is 4.39 Å². The summed E-state index contributed by atoms with van der Waals surface area (Å²) >= 11 is 0. The van der Waals surface area contributed by atoms with Gasteiger partial charge in [-0.3, -0.25) is 0 Å². The van der Waals surface area contributed by atoms with Gasteiger partial charge < -0.3 is 4.74 Å². The molecule has 4 rings (SSSR count). The van der Waals surface area contributed by atoms with E-state index >= 15 is 0 Å². The van der Waals surface area contributed by atoms with E-state index in [4.69, 9.17) is 4.74 Å². The summed E-state index contributed by atoms with van der Waals surface area (Å²) in [5.41, 5.74) is 3.93. The lowest BCUT2D eigenvalue weighted by atomic mass is 9.90. The van der Waals surface area contributed by atoms with E-state index in [1.54, 1.807) is 12.4 Å². The molecule has 3 heterocycles. The Morgan fingerprint density at radius 3 is 2.63 bits per heavy atom. The molecule has 7 heteroatoms. The van der Waals surface area contributed by atoms with Crippen LogP contribution < -0.4 is 4.74 Å². The van der Waals surface area contributed by atoms with Crippen molar-refractivity contribution >= 4 is 0 Å². The second kappa shape index (κ2) is 7.34. The van der Waals surface area contributed by atoms with Crippen molar-refractivity contribution in [2.75, 3.05) is 0 Å². The van der Waals surface area contributed by atoms with Gasteiger partial charge in [0.1, 0.15) is 23.9 Å². The Bertz CT molecular complexity index is 976. The van der Waals surface area contributed by atoms with Gasteiger partial charge in [-0.1, -0.05) is 0 Å². The van der Waals surface area contributed by atoms with E-state index in [9.17, 15) is 8.78 Å². The highest BCUT2D eigenvalue weighted by molar-refractivity contribution is 5.68. The maximum Gasteiger partial charge on any atom is 0.214 e. The molecule has 5 nitrogen and oxygen atoms in total. The van der Waals surface area contributed by atoms with Crippen LogP contribution in [0.4, 0.5) is 8.78 Å². The molecule has 0 aliphatic heterocycles. The lowest BCUT2D eigenvalue weighted by Gasteiger charge is -2.20. The number of hydrogen-bond donors (Lipinski definition) is 0. The Kier molecular flexibility index (Phi) is 4.75. The van der Waals surface area contributed by atoms with Gasteiger partial charge in [0, 0.05) is 29.7 Å². The SMILES string of the molecule is Cc1ncc(-c2cc(OCc3nc(F)ccc3F)nc3c2CCCC3)cn1. The minimum absolute atomic E-state index is 0.0882. The van der Waals surface area contributed by atoms with Crippen molar-refractivity contribution in [3.63, 3.8) is 0 Å². The molecule has 0 amide bonds. The van der Waals surface area contributed by atoms with Crippen LogP contribution in [0.5, 0.6) is 5.88 Å². The number of fused-ring (bicyclic) bond motifs is 1. The molecule has 0 aromatic carbocycles. The van der Waals surface area contributed by atoms with Crippen LogP contribution in [-0.2, 0) is 19.4 Å². The summed E-state index contributed by atoms with van der Waals surface area (Å²) in [4.78, 5) is 16.7. The Morgan fingerprint density at radius 1 is 1.04 bits per heavy atom. The zero-order chi connectivity index (χ0) is 18.8. The first-order chi connectivity index (χ1) is 13.1. The number of rotatable bonds is 4. The Morgan fingerprint density at radius 2 is 1.81 bits per heavy atom. The zero-order valence-corrected chi connectivity index (χ0v) is 14.9. The largest absolute Gasteiger partial charge is 0.471 e. The highest BCUT2D eigenvalue weighted by Crippen LogP contribution is 2.33. The van der Waals surface area contributed by atoms with E-state index in [1.165, 1.54) is 5.56 Å². The lowest BCUT2D eigenvalue weighted by Crippen LogP contribution is -2.10. The number of aromatic nitrogens is 4. The van der Waals surface area contributed by atoms with Crippen LogP contribution in [0, 0.1) is 18.7 Å². The highest BCUT2D eigenvalue weighted by Gasteiger charge is 2.19. The van der Waals surface area contributed by atoms with Crippen LogP contribution in [0.15, 0.2) is 30.6 Å². The third-order valence-electron chi connectivity index (χ3n) is 4.61. The van der Waals surface area contributed by atoms with Crippen LogP contribution in [0.2, 0.25) is 0 Å². The molecular formula is C20H18F2N4O. The molecule has 0 saturated heterocycles. The van der Waals surface area contributed by atoms with Crippen molar-refractivity contribution < 1.29 is 13.5 Å². The fraction of sp³-hybridized carbons (Fsp3) is 0.300. The molecule has 0 bridgehead atoms. The molecule has 0 saturated carbocycles. The van der Waals surface area contributed by atoms with Crippen LogP contribution >= 0.6 is 0 Å². The van der Waals surface area contributed by atoms with E-state index in [-0.39, 0.29) is 12.3 Å². The summed E-state index contributed by atoms with van der Waals surface area (Å²) in [6.45, 7) is 1.64. The lowest BCUT2D eigenvalue weighted by molar-refractivity contribution is 0.279. The third kappa shape index (κ3) is 3.77. The van der Waals surface area contributed by atoms with E-state index in [0.717, 1.165) is 54.6 Å². The molecule has 1 aliphatic carbocycles. The first-order valence-electron chi connectivity index (χ1n) is 8.85. The number of pyridine rings is 2. The van der Waals surface area contributed by atoms with E-state index in [1.807, 2.05) is 13.0 Å². The minimum Gasteiger partial charge on any atom is -0.471 e. The number of aryl methyl sites for hydroxylation is 2. The molecule has 1 aliphatic rings. The topological polar surface area (TPSA) is 60.8 Å². The summed E-state index contributed by atoms with van der Waals surface area (Å²) in [7, 11) is 0. The fourth-order valence-electron chi connectivity index (χ4n) is 3.24. The van der Waals surface area contributed by atoms with Crippen molar-refractivity contribution in [3.05, 3.63) is 65.1 Å². The molecule has 3 aromatic rings. The van der Waals surface area contributed by atoms with Crippen LogP contribution in [0.1, 0.15) is 35.6 Å². The molecular weight excluding hydrogens is 350 g/mol. The third-order valence-corrected chi connectivity index (χ3v) is 4.61. The average molecular weight is 368 g/mol. The average Bonchev–Trinajstić information content (AvgIpc) is 2.69. The van der Waals surface area contributed by atoms with Gasteiger partial charge in [-0.15, -0.1) is 0 Å². The summed E-state index contributed by atoms with van der Waals surface area (Å²) < 4.78 is 32.7. The van der Waals surface area contributed by atoms with Gasteiger partial charge >= 0.3 is 0 Å². The van der Waals surface area contributed by atoms with Gasteiger partial charge in [0.2, 0.25) is 11.8 Å². The van der Waals surface area contributed by atoms with Gasteiger partial charge in [0.05, 0.1) is 0 Å². The predicted octanol–water partition coefficient (Wildman–Crippen LogP) is 3.98. The maximum absolute atomic E-state index is 13.8. The zero-order valence-electron chi connectivity index (χ0n) is 14.9. The molecule has 0 atom stereocenters. The predicted molar refractivity (Wildman–Crippen MR) is 95.1 cm³/mol. The minimum atomic E-state index is -0.745. The number of halogens is 2. The summed E-state index contributed by atoms with van der Waals surface area (Å²) in [6, 6.07) is 3.83. The molecule has 0 spiro atoms. The quantitative estimate of drug-likeness (QED) is 0.652. The van der Waals surface area contributed by atoms with Gasteiger partial charge in [-0.25, -0.2) is 24.3 Å². The van der Waals surface area contributed by atoms with E-state index in [2.05, 4.69) is 19.9 Å². The monoisotopic (exact) mass is 368 g/mol. The number of nitrogens with zero attached hydrogens (tertiary/aromatic N) is 4. The van der Waals surface area contributed by atoms with Crippen LogP contribution in [-0.4, -0.2) is 19.9 Å². The maximum atomic E-state index is 13.8. The fourth-order valence-corrected chi connectivity index (χ4v) is 3.24. The van der Waals surface area contributed by atoms with Crippen molar-refractivity contribution in [1.82, 2.24) is 19.9 Å². The van der Waals surface area contributed by atoms with Crippen molar-refractivity contribution in [3.8, 4) is 17.0 Å². The van der Waals surface area contributed by atoms with Crippen LogP contribution in [0.3, 0.4) is 0 Å². The summed E-state index contributed by atoms with van der Waals surface area (Å²) in [6.07, 6.45) is 7.53. The molecule has 3 aromatic heterocycles. The van der Waals surface area contributed by atoms with Gasteiger partial charge in [-0.05, 0) is 55.9 Å². The number of hydrogen-bond acceptors (Lipinski definition) is 5. The highest BCUT2D eigenvalue weighted by atomic mass is 19.1. The summed E-state index contributed by atoms with van der Waals surface area (Å²) in [5.74, 6) is -0.296. The number of ether oxygens (including phenoxy) is 1. The van der Waals surface area contributed by atoms with E-state index < -0.39 is 11.8 Å². The second-order valence-corrected chi connectivity index (χ2v) is 6.51. The van der Waals surface area contributed by atoms with E-state index in [0.29, 0.717) is 11.7 Å². The first kappa shape index (κ1) is 17.5. The van der Waals surface area contributed by atoms with Gasteiger partial charge in [0.15, 0.2) is 0 Å². The molecule has 0 N–H and O–H groups in total. The van der Waals surface area contributed by atoms with Crippen LogP contribution in [0.25, 0.3) is 11.1 Å². The second-order valence-electron chi connectivity index (χ2n) is 6.51. The van der Waals surface area contributed by atoms with Crippen molar-refractivity contribution in [2.45, 2.75) is 39.2 Å². The molecule has 0 fully saturated rings.